The second-order valence-corrected chi connectivity index (χ2v) is 2.12. The van der Waals surface area contributed by atoms with Crippen LogP contribution in [0.25, 0.3) is 0 Å². The van der Waals surface area contributed by atoms with Gasteiger partial charge in [0.2, 0.25) is 0 Å². The van der Waals surface area contributed by atoms with E-state index in [9.17, 15) is 9.59 Å². The van der Waals surface area contributed by atoms with E-state index in [-0.39, 0.29) is 19.9 Å². The normalized spacial score (nSPS) is 11.9. The lowest BCUT2D eigenvalue weighted by Gasteiger charge is -2.08. The van der Waals surface area contributed by atoms with Gasteiger partial charge >= 0.3 is 11.9 Å². The average Bonchev–Trinajstić information content (AvgIpc) is 2.05. The number of carbonyl (C=O) groups is 2. The van der Waals surface area contributed by atoms with Gasteiger partial charge in [-0.25, -0.2) is 0 Å². The van der Waals surface area contributed by atoms with E-state index >= 15 is 0 Å². The lowest BCUT2D eigenvalue weighted by atomic mass is 10.2. The van der Waals surface area contributed by atoms with Crippen molar-refractivity contribution >= 4 is 11.9 Å². The lowest BCUT2D eigenvalue weighted by Crippen LogP contribution is -2.36. The molecular formula is C6H13N3O4. The Hall–Kier alpha value is -1.18. The summed E-state index contributed by atoms with van der Waals surface area (Å²) in [5.41, 5.74) is 15.1. The highest BCUT2D eigenvalue weighted by Crippen LogP contribution is 1.93. The third-order valence-electron chi connectivity index (χ3n) is 1.16. The molecule has 0 saturated heterocycles. The first kappa shape index (κ1) is 11.8. The second-order valence-electron chi connectivity index (χ2n) is 2.12. The Morgan fingerprint density at radius 2 is 1.69 bits per heavy atom. The molecule has 1 atom stereocenters. The van der Waals surface area contributed by atoms with E-state index in [1.165, 1.54) is 0 Å². The second kappa shape index (κ2) is 6.35. The summed E-state index contributed by atoms with van der Waals surface area (Å²) in [6.07, 6.45) is -0.268. The summed E-state index contributed by atoms with van der Waals surface area (Å²) in [5.74, 6) is -1.39. The monoisotopic (exact) mass is 191 g/mol. The zero-order valence-corrected chi connectivity index (χ0v) is 7.06. The van der Waals surface area contributed by atoms with Gasteiger partial charge in [-0.15, -0.1) is 0 Å². The fourth-order valence-corrected chi connectivity index (χ4v) is 0.604. The van der Waals surface area contributed by atoms with Crippen LogP contribution in [0.3, 0.4) is 0 Å². The van der Waals surface area contributed by atoms with Crippen LogP contribution in [0, 0.1) is 0 Å². The van der Waals surface area contributed by atoms with Crippen molar-refractivity contribution in [2.75, 3.05) is 13.5 Å². The van der Waals surface area contributed by atoms with Gasteiger partial charge in [0.25, 0.3) is 0 Å². The number of esters is 2. The Kier molecular flexibility index (Phi) is 5.77. The average molecular weight is 191 g/mol. The maximum absolute atomic E-state index is 10.8. The number of ether oxygens (including phenoxy) is 2. The van der Waals surface area contributed by atoms with Gasteiger partial charge in [0.05, 0.1) is 6.42 Å². The molecule has 0 spiro atoms. The zero-order chi connectivity index (χ0) is 10.3. The molecule has 0 saturated carbocycles. The highest BCUT2D eigenvalue weighted by atomic mass is 16.5. The molecule has 0 aromatic carbocycles. The highest BCUT2D eigenvalue weighted by Gasteiger charge is 2.19. The summed E-state index contributed by atoms with van der Waals surface area (Å²) in [6.45, 7) is -0.504. The fraction of sp³-hybridized carbons (Fsp3) is 0.667. The first-order valence-corrected chi connectivity index (χ1v) is 3.59. The molecule has 0 aromatic heterocycles. The van der Waals surface area contributed by atoms with Crippen molar-refractivity contribution in [1.29, 1.82) is 0 Å². The zero-order valence-electron chi connectivity index (χ0n) is 7.06. The Labute approximate surface area is 75.1 Å². The van der Waals surface area contributed by atoms with Crippen LogP contribution in [0.2, 0.25) is 0 Å². The van der Waals surface area contributed by atoms with Crippen molar-refractivity contribution < 1.29 is 19.1 Å². The van der Waals surface area contributed by atoms with Crippen molar-refractivity contribution in [3.8, 4) is 0 Å². The van der Waals surface area contributed by atoms with Crippen LogP contribution in [0.4, 0.5) is 0 Å². The molecule has 7 heteroatoms. The van der Waals surface area contributed by atoms with E-state index in [1.807, 2.05) is 0 Å². The number of nitrogens with two attached hydrogens (primary N) is 3. The van der Waals surface area contributed by atoms with Gasteiger partial charge in [-0.1, -0.05) is 0 Å². The van der Waals surface area contributed by atoms with Gasteiger partial charge in [0.15, 0.2) is 0 Å². The molecule has 0 radical (unpaired) electrons. The van der Waals surface area contributed by atoms with E-state index in [0.717, 1.165) is 0 Å². The smallest absolute Gasteiger partial charge is 0.324 e. The number of hydrogen-bond donors (Lipinski definition) is 3. The summed E-state index contributed by atoms with van der Waals surface area (Å²) in [7, 11) is 0. The van der Waals surface area contributed by atoms with Crippen LogP contribution in [0.5, 0.6) is 0 Å². The molecule has 1 unspecified atom stereocenters. The van der Waals surface area contributed by atoms with Gasteiger partial charge < -0.3 is 15.2 Å². The minimum atomic E-state index is -1.05. The van der Waals surface area contributed by atoms with Crippen molar-refractivity contribution in [2.24, 2.45) is 17.2 Å². The van der Waals surface area contributed by atoms with Crippen molar-refractivity contribution in [2.45, 2.75) is 12.5 Å². The van der Waals surface area contributed by atoms with Crippen LogP contribution in [0.15, 0.2) is 0 Å². The summed E-state index contributed by atoms with van der Waals surface area (Å²) in [5, 5.41) is 0. The Morgan fingerprint density at radius 3 is 2.15 bits per heavy atom. The number of rotatable bonds is 5. The summed E-state index contributed by atoms with van der Waals surface area (Å²) >= 11 is 0. The van der Waals surface area contributed by atoms with Gasteiger partial charge in [0.1, 0.15) is 19.5 Å². The summed E-state index contributed by atoms with van der Waals surface area (Å²) < 4.78 is 8.72. The molecule has 0 bridgehead atoms. The van der Waals surface area contributed by atoms with Gasteiger partial charge in [-0.3, -0.25) is 21.1 Å². The van der Waals surface area contributed by atoms with Gasteiger partial charge in [-0.05, 0) is 0 Å². The minimum Gasteiger partial charge on any atom is -0.450 e. The third kappa shape index (κ3) is 5.12. The predicted octanol–water partition coefficient (Wildman–Crippen LogP) is -2.38. The van der Waals surface area contributed by atoms with Crippen LogP contribution in [0.1, 0.15) is 6.42 Å². The molecule has 0 rings (SSSR count). The topological polar surface area (TPSA) is 131 Å². The van der Waals surface area contributed by atoms with Crippen LogP contribution < -0.4 is 17.2 Å². The Morgan fingerprint density at radius 1 is 1.15 bits per heavy atom. The van der Waals surface area contributed by atoms with E-state index in [0.29, 0.717) is 0 Å². The molecule has 0 aromatic rings. The van der Waals surface area contributed by atoms with Crippen molar-refractivity contribution in [1.82, 2.24) is 0 Å². The molecular weight excluding hydrogens is 178 g/mol. The molecule has 6 N–H and O–H groups in total. The lowest BCUT2D eigenvalue weighted by molar-refractivity contribution is -0.151. The molecule has 13 heavy (non-hydrogen) atoms. The molecule has 0 aliphatic heterocycles. The predicted molar refractivity (Wildman–Crippen MR) is 42.9 cm³/mol. The molecule has 0 heterocycles. The van der Waals surface area contributed by atoms with Crippen LogP contribution in [-0.4, -0.2) is 31.4 Å². The van der Waals surface area contributed by atoms with E-state index in [1.54, 1.807) is 0 Å². The van der Waals surface area contributed by atoms with Crippen molar-refractivity contribution in [3.05, 3.63) is 0 Å². The molecule has 0 amide bonds. The van der Waals surface area contributed by atoms with Crippen LogP contribution in [-0.2, 0) is 19.1 Å². The van der Waals surface area contributed by atoms with Gasteiger partial charge in [0, 0.05) is 0 Å². The third-order valence-corrected chi connectivity index (χ3v) is 1.16. The Balaban J connectivity index is 3.78. The molecule has 76 valence electrons. The maximum atomic E-state index is 10.8. The quantitative estimate of drug-likeness (QED) is 0.326. The SMILES string of the molecule is NCOC(=O)CC(N)C(=O)OCN. The standard InChI is InChI=1S/C6H13N3O4/c7-2-12-5(10)1-4(9)6(11)13-3-8/h4H,1-3,7-9H2. The molecule has 0 aliphatic carbocycles. The molecule has 7 nitrogen and oxygen atoms in total. The molecule has 0 aliphatic rings. The highest BCUT2D eigenvalue weighted by molar-refractivity contribution is 5.82. The van der Waals surface area contributed by atoms with E-state index in [2.05, 4.69) is 9.47 Å². The summed E-state index contributed by atoms with van der Waals surface area (Å²) in [4.78, 5) is 21.6. The Bertz CT molecular complexity index is 185. The van der Waals surface area contributed by atoms with Gasteiger partial charge in [-0.2, -0.15) is 0 Å². The number of hydrogen-bond acceptors (Lipinski definition) is 7. The van der Waals surface area contributed by atoms with Crippen molar-refractivity contribution in [3.63, 3.8) is 0 Å². The van der Waals surface area contributed by atoms with Crippen LogP contribution >= 0.6 is 0 Å². The summed E-state index contributed by atoms with van der Waals surface area (Å²) in [6, 6.07) is -1.05. The maximum Gasteiger partial charge on any atom is 0.324 e. The first-order valence-electron chi connectivity index (χ1n) is 3.59. The largest absolute Gasteiger partial charge is 0.450 e. The van der Waals surface area contributed by atoms with E-state index in [4.69, 9.17) is 17.2 Å². The first-order chi connectivity index (χ1) is 6.11. The minimum absolute atomic E-state index is 0.239. The van der Waals surface area contributed by atoms with E-state index < -0.39 is 18.0 Å². The number of carbonyl (C=O) groups excluding carboxylic acids is 2. The fourth-order valence-electron chi connectivity index (χ4n) is 0.604. The molecule has 0 fully saturated rings.